The Balaban J connectivity index is 1.77. The second-order valence-corrected chi connectivity index (χ2v) is 8.44. The monoisotopic (exact) mass is 278 g/mol. The molecule has 4 fully saturated rings. The first kappa shape index (κ1) is 13.4. The van der Waals surface area contributed by atoms with E-state index in [1.807, 2.05) is 6.08 Å². The van der Waals surface area contributed by atoms with Gasteiger partial charge in [0.2, 0.25) is 0 Å². The Morgan fingerprint density at radius 1 is 1.21 bits per heavy atom. The third-order valence-electron chi connectivity index (χ3n) is 5.41. The maximum atomic E-state index is 5.46. The minimum absolute atomic E-state index is 0.258. The van der Waals surface area contributed by atoms with Crippen LogP contribution in [0.1, 0.15) is 52.4 Å². The van der Waals surface area contributed by atoms with Crippen molar-refractivity contribution in [1.82, 2.24) is 10.6 Å². The van der Waals surface area contributed by atoms with E-state index in [0.29, 0.717) is 10.8 Å². The molecule has 4 bridgehead atoms. The molecule has 0 heterocycles. The highest BCUT2D eigenvalue weighted by atomic mass is 32.1. The van der Waals surface area contributed by atoms with Crippen LogP contribution in [0.25, 0.3) is 0 Å². The fraction of sp³-hybridized carbons (Fsp3) is 0.812. The summed E-state index contributed by atoms with van der Waals surface area (Å²) in [7, 11) is 0. The largest absolute Gasteiger partial charge is 0.359 e. The van der Waals surface area contributed by atoms with Gasteiger partial charge < -0.3 is 10.6 Å². The van der Waals surface area contributed by atoms with Crippen LogP contribution < -0.4 is 10.6 Å². The zero-order chi connectivity index (χ0) is 13.7. The summed E-state index contributed by atoms with van der Waals surface area (Å²) in [5.74, 6) is 0.904. The summed E-state index contributed by atoms with van der Waals surface area (Å²) >= 11 is 5.46. The Hall–Kier alpha value is -0.570. The molecular formula is C16H26N2S. The Bertz CT molecular complexity index is 399. The third kappa shape index (κ3) is 2.42. The van der Waals surface area contributed by atoms with Crippen molar-refractivity contribution in [3.05, 3.63) is 12.7 Å². The fourth-order valence-corrected chi connectivity index (χ4v) is 6.34. The van der Waals surface area contributed by atoms with Crippen molar-refractivity contribution in [2.45, 2.75) is 57.9 Å². The molecule has 2 N–H and O–H groups in total. The molecule has 2 atom stereocenters. The molecule has 0 unspecified atom stereocenters. The molecule has 19 heavy (non-hydrogen) atoms. The van der Waals surface area contributed by atoms with E-state index >= 15 is 0 Å². The fourth-order valence-electron chi connectivity index (χ4n) is 6.04. The Labute approximate surface area is 122 Å². The van der Waals surface area contributed by atoms with Crippen LogP contribution >= 0.6 is 12.2 Å². The minimum atomic E-state index is 0.258. The first-order valence-electron chi connectivity index (χ1n) is 7.53. The van der Waals surface area contributed by atoms with Crippen LogP contribution in [-0.4, -0.2) is 17.2 Å². The number of rotatable bonds is 3. The summed E-state index contributed by atoms with van der Waals surface area (Å²) in [5, 5.41) is 7.73. The van der Waals surface area contributed by atoms with Gasteiger partial charge in [0.1, 0.15) is 0 Å². The summed E-state index contributed by atoms with van der Waals surface area (Å²) in [6, 6.07) is 0. The van der Waals surface area contributed by atoms with Gasteiger partial charge in [-0.3, -0.25) is 0 Å². The third-order valence-corrected chi connectivity index (χ3v) is 5.66. The lowest BCUT2D eigenvalue weighted by molar-refractivity contribution is -0.111. The standard InChI is InChI=1S/C16H26N2S/c1-4-5-17-13(19)18-16-8-12-6-14(2,10-16)9-15(3,7-12)11-16/h4,12H,1,5-11H2,2-3H3,(H2,17,18,19)/t12?,14-,15-,16?/m1/s1. The number of thiocarbonyl (C=S) groups is 1. The summed E-state index contributed by atoms with van der Waals surface area (Å²) in [6.07, 6.45) is 10.0. The van der Waals surface area contributed by atoms with Gasteiger partial charge in [0.15, 0.2) is 5.11 Å². The minimum Gasteiger partial charge on any atom is -0.359 e. The van der Waals surface area contributed by atoms with E-state index < -0.39 is 0 Å². The van der Waals surface area contributed by atoms with Gasteiger partial charge in [-0.25, -0.2) is 0 Å². The molecule has 0 amide bonds. The average Bonchev–Trinajstić information content (AvgIpc) is 2.20. The van der Waals surface area contributed by atoms with Gasteiger partial charge in [-0.05, 0) is 67.5 Å². The molecule has 0 spiro atoms. The van der Waals surface area contributed by atoms with E-state index in [4.69, 9.17) is 12.2 Å². The smallest absolute Gasteiger partial charge is 0.166 e. The molecule has 0 aromatic carbocycles. The molecule has 0 saturated heterocycles. The van der Waals surface area contributed by atoms with Gasteiger partial charge in [0, 0.05) is 12.1 Å². The van der Waals surface area contributed by atoms with E-state index in [1.54, 1.807) is 0 Å². The van der Waals surface area contributed by atoms with Crippen LogP contribution in [-0.2, 0) is 0 Å². The van der Waals surface area contributed by atoms with E-state index in [2.05, 4.69) is 31.1 Å². The average molecular weight is 278 g/mol. The molecule has 4 saturated carbocycles. The van der Waals surface area contributed by atoms with Gasteiger partial charge in [-0.1, -0.05) is 19.9 Å². The van der Waals surface area contributed by atoms with Crippen molar-refractivity contribution in [3.8, 4) is 0 Å². The number of nitrogens with one attached hydrogen (secondary N) is 2. The quantitative estimate of drug-likeness (QED) is 0.611. The molecule has 3 heteroatoms. The Kier molecular flexibility index (Phi) is 2.97. The van der Waals surface area contributed by atoms with E-state index in [1.165, 1.54) is 38.5 Å². The highest BCUT2D eigenvalue weighted by molar-refractivity contribution is 7.80. The van der Waals surface area contributed by atoms with Gasteiger partial charge in [-0.2, -0.15) is 0 Å². The van der Waals surface area contributed by atoms with E-state index in [0.717, 1.165) is 17.6 Å². The van der Waals surface area contributed by atoms with Crippen molar-refractivity contribution in [2.24, 2.45) is 16.7 Å². The van der Waals surface area contributed by atoms with E-state index in [9.17, 15) is 0 Å². The lowest BCUT2D eigenvalue weighted by atomic mass is 9.43. The van der Waals surface area contributed by atoms with Crippen LogP contribution in [0, 0.1) is 16.7 Å². The summed E-state index contributed by atoms with van der Waals surface area (Å²) in [4.78, 5) is 0. The molecule has 4 aliphatic carbocycles. The molecule has 4 rings (SSSR count). The van der Waals surface area contributed by atoms with Crippen molar-refractivity contribution < 1.29 is 0 Å². The van der Waals surface area contributed by atoms with Crippen molar-refractivity contribution >= 4 is 17.3 Å². The molecule has 0 aromatic rings. The van der Waals surface area contributed by atoms with Crippen LogP contribution in [0.3, 0.4) is 0 Å². The SMILES string of the molecule is C=CCNC(=S)NC12CC3C[C@@](C)(C1)C[C@@](C)(C3)C2. The lowest BCUT2D eigenvalue weighted by Crippen LogP contribution is -2.66. The summed E-state index contributed by atoms with van der Waals surface area (Å²) in [5.41, 5.74) is 1.33. The van der Waals surface area contributed by atoms with Gasteiger partial charge in [0.05, 0.1) is 0 Å². The van der Waals surface area contributed by atoms with Crippen LogP contribution in [0.15, 0.2) is 12.7 Å². The molecule has 0 aromatic heterocycles. The van der Waals surface area contributed by atoms with Gasteiger partial charge in [0.25, 0.3) is 0 Å². The van der Waals surface area contributed by atoms with Crippen LogP contribution in [0.5, 0.6) is 0 Å². The Morgan fingerprint density at radius 2 is 1.84 bits per heavy atom. The van der Waals surface area contributed by atoms with Gasteiger partial charge in [-0.15, -0.1) is 6.58 Å². The maximum absolute atomic E-state index is 5.46. The van der Waals surface area contributed by atoms with Gasteiger partial charge >= 0.3 is 0 Å². The summed E-state index contributed by atoms with van der Waals surface area (Å²) in [6.45, 7) is 9.47. The number of hydrogen-bond acceptors (Lipinski definition) is 1. The molecule has 106 valence electrons. The van der Waals surface area contributed by atoms with Crippen LogP contribution in [0.4, 0.5) is 0 Å². The van der Waals surface area contributed by atoms with Crippen molar-refractivity contribution in [2.75, 3.05) is 6.54 Å². The van der Waals surface area contributed by atoms with Crippen molar-refractivity contribution in [1.29, 1.82) is 0 Å². The maximum Gasteiger partial charge on any atom is 0.166 e. The second kappa shape index (κ2) is 4.21. The highest BCUT2D eigenvalue weighted by Crippen LogP contribution is 2.66. The topological polar surface area (TPSA) is 24.1 Å². The highest BCUT2D eigenvalue weighted by Gasteiger charge is 2.60. The predicted molar refractivity (Wildman–Crippen MR) is 84.1 cm³/mol. The molecule has 4 aliphatic rings. The molecule has 0 aliphatic heterocycles. The van der Waals surface area contributed by atoms with E-state index in [-0.39, 0.29) is 5.54 Å². The van der Waals surface area contributed by atoms with Crippen molar-refractivity contribution in [3.63, 3.8) is 0 Å². The normalized spacial score (nSPS) is 46.9. The first-order valence-corrected chi connectivity index (χ1v) is 7.94. The summed E-state index contributed by atoms with van der Waals surface area (Å²) < 4.78 is 0. The lowest BCUT2D eigenvalue weighted by Gasteiger charge is -2.65. The molecular weight excluding hydrogens is 252 g/mol. The second-order valence-electron chi connectivity index (χ2n) is 8.03. The molecule has 0 radical (unpaired) electrons. The van der Waals surface area contributed by atoms with Crippen LogP contribution in [0.2, 0.25) is 0 Å². The Morgan fingerprint density at radius 3 is 2.37 bits per heavy atom. The predicted octanol–water partition coefficient (Wildman–Crippen LogP) is 3.39. The zero-order valence-electron chi connectivity index (χ0n) is 12.2. The molecule has 2 nitrogen and oxygen atoms in total. The first-order chi connectivity index (χ1) is 8.86. The number of hydrogen-bond donors (Lipinski definition) is 2. The zero-order valence-corrected chi connectivity index (χ0v) is 13.0.